The molecule has 0 spiro atoms. The number of benzene rings is 2. The van der Waals surface area contributed by atoms with Gasteiger partial charge in [0.25, 0.3) is 11.6 Å². The van der Waals surface area contributed by atoms with Crippen molar-refractivity contribution in [2.45, 2.75) is 6.92 Å². The second-order valence-electron chi connectivity index (χ2n) is 5.18. The normalized spacial score (nSPS) is 11.0. The molecule has 0 atom stereocenters. The van der Waals surface area contributed by atoms with Crippen LogP contribution in [0.15, 0.2) is 48.2 Å². The molecule has 0 bridgehead atoms. The van der Waals surface area contributed by atoms with Crippen molar-refractivity contribution in [1.82, 2.24) is 5.32 Å². The number of para-hydroxylation sites is 1. The van der Waals surface area contributed by atoms with Gasteiger partial charge in [-0.15, -0.1) is 0 Å². The number of nitrogens with zero attached hydrogens (tertiary/aromatic N) is 1. The van der Waals surface area contributed by atoms with Crippen LogP contribution in [-0.4, -0.2) is 23.4 Å². The van der Waals surface area contributed by atoms with E-state index in [1.165, 1.54) is 42.5 Å². The highest BCUT2D eigenvalue weighted by molar-refractivity contribution is 6.42. The van der Waals surface area contributed by atoms with Gasteiger partial charge in [0.05, 0.1) is 21.6 Å². The largest absolute Gasteiger partial charge is 0.461 e. The lowest BCUT2D eigenvalue weighted by Gasteiger charge is -2.10. The monoisotopic (exact) mass is 408 g/mol. The molecule has 0 unspecified atom stereocenters. The van der Waals surface area contributed by atoms with Crippen LogP contribution in [-0.2, 0) is 9.53 Å². The van der Waals surface area contributed by atoms with E-state index in [0.717, 1.165) is 0 Å². The third-order valence-corrected chi connectivity index (χ3v) is 4.08. The predicted molar refractivity (Wildman–Crippen MR) is 102 cm³/mol. The van der Waals surface area contributed by atoms with Crippen LogP contribution < -0.4 is 5.32 Å². The van der Waals surface area contributed by atoms with Crippen LogP contribution in [0.2, 0.25) is 10.0 Å². The number of rotatable bonds is 6. The van der Waals surface area contributed by atoms with Gasteiger partial charge >= 0.3 is 5.97 Å². The van der Waals surface area contributed by atoms with Gasteiger partial charge in [0, 0.05) is 6.07 Å². The molecular formula is C18H14Cl2N2O5. The second-order valence-corrected chi connectivity index (χ2v) is 5.99. The number of hydrogen-bond donors (Lipinski definition) is 1. The molecule has 1 amide bonds. The van der Waals surface area contributed by atoms with Gasteiger partial charge in [-0.1, -0.05) is 41.4 Å². The van der Waals surface area contributed by atoms with Crippen LogP contribution in [0.1, 0.15) is 22.8 Å². The first-order valence-corrected chi connectivity index (χ1v) is 8.47. The summed E-state index contributed by atoms with van der Waals surface area (Å²) in [6.07, 6.45) is 1.34. The van der Waals surface area contributed by atoms with Crippen LogP contribution in [0.3, 0.4) is 0 Å². The molecule has 0 aliphatic rings. The molecule has 2 aromatic rings. The number of carbonyl (C=O) groups is 2. The quantitative estimate of drug-likeness (QED) is 0.333. The summed E-state index contributed by atoms with van der Waals surface area (Å²) >= 11 is 11.8. The number of hydrogen-bond acceptors (Lipinski definition) is 5. The Morgan fingerprint density at radius 2 is 1.89 bits per heavy atom. The van der Waals surface area contributed by atoms with E-state index in [4.69, 9.17) is 27.9 Å². The minimum absolute atomic E-state index is 0.0822. The van der Waals surface area contributed by atoms with E-state index in [-0.39, 0.29) is 28.6 Å². The molecule has 0 heterocycles. The molecule has 1 N–H and O–H groups in total. The summed E-state index contributed by atoms with van der Waals surface area (Å²) in [5.74, 6) is -1.61. The van der Waals surface area contributed by atoms with E-state index in [2.05, 4.69) is 5.32 Å². The molecule has 2 aromatic carbocycles. The summed E-state index contributed by atoms with van der Waals surface area (Å²) in [5, 5.41) is 14.1. The summed E-state index contributed by atoms with van der Waals surface area (Å²) in [6.45, 7) is 1.69. The molecule has 140 valence electrons. The number of nitro groups is 1. The Kier molecular flexibility index (Phi) is 6.92. The van der Waals surface area contributed by atoms with Crippen molar-refractivity contribution in [3.63, 3.8) is 0 Å². The maximum absolute atomic E-state index is 12.5. The third kappa shape index (κ3) is 5.29. The Bertz CT molecular complexity index is 928. The smallest absolute Gasteiger partial charge is 0.354 e. The van der Waals surface area contributed by atoms with E-state index in [0.29, 0.717) is 10.6 Å². The molecule has 7 nitrogen and oxygen atoms in total. The number of ether oxygens (including phenoxy) is 1. The zero-order valence-corrected chi connectivity index (χ0v) is 15.6. The number of halogens is 2. The lowest BCUT2D eigenvalue weighted by Crippen LogP contribution is -2.29. The van der Waals surface area contributed by atoms with Crippen LogP contribution in [0.5, 0.6) is 0 Å². The maximum atomic E-state index is 12.5. The van der Waals surface area contributed by atoms with Crippen molar-refractivity contribution < 1.29 is 19.2 Å². The predicted octanol–water partition coefficient (Wildman–Crippen LogP) is 4.24. The standard InChI is InChI=1S/C18H14Cl2N2O5/c1-2-27-18(24)15(10-11-7-8-13(19)14(20)9-11)21-17(23)12-5-3-4-6-16(12)22(25)26/h3-10H,2H2,1H3,(H,21,23)/b15-10-. The maximum Gasteiger partial charge on any atom is 0.354 e. The van der Waals surface area contributed by atoms with Gasteiger partial charge in [0.15, 0.2) is 0 Å². The molecule has 2 rings (SSSR count). The van der Waals surface area contributed by atoms with Gasteiger partial charge in [0.2, 0.25) is 0 Å². The minimum Gasteiger partial charge on any atom is -0.461 e. The molecule has 0 aliphatic carbocycles. The van der Waals surface area contributed by atoms with Gasteiger partial charge in [-0.05, 0) is 36.8 Å². The fourth-order valence-electron chi connectivity index (χ4n) is 2.14. The minimum atomic E-state index is -0.818. The van der Waals surface area contributed by atoms with E-state index >= 15 is 0 Å². The highest BCUT2D eigenvalue weighted by atomic mass is 35.5. The van der Waals surface area contributed by atoms with Gasteiger partial charge in [-0.3, -0.25) is 14.9 Å². The SMILES string of the molecule is CCOC(=O)/C(=C/c1ccc(Cl)c(Cl)c1)NC(=O)c1ccccc1[N+](=O)[O-]. The van der Waals surface area contributed by atoms with Gasteiger partial charge < -0.3 is 10.1 Å². The first-order valence-electron chi connectivity index (χ1n) is 7.72. The molecule has 9 heteroatoms. The second kappa shape index (κ2) is 9.16. The van der Waals surface area contributed by atoms with Crippen LogP contribution in [0.25, 0.3) is 6.08 Å². The average Bonchev–Trinajstić information content (AvgIpc) is 2.64. The molecule has 0 radical (unpaired) electrons. The average molecular weight is 409 g/mol. The lowest BCUT2D eigenvalue weighted by atomic mass is 10.1. The van der Waals surface area contributed by atoms with E-state index in [1.54, 1.807) is 13.0 Å². The topological polar surface area (TPSA) is 98.5 Å². The molecule has 0 aliphatic heterocycles. The first kappa shape index (κ1) is 20.4. The fourth-order valence-corrected chi connectivity index (χ4v) is 2.44. The van der Waals surface area contributed by atoms with Gasteiger partial charge in [0.1, 0.15) is 11.3 Å². The summed E-state index contributed by atoms with van der Waals surface area (Å²) in [5.41, 5.74) is -0.284. The zero-order chi connectivity index (χ0) is 20.0. The lowest BCUT2D eigenvalue weighted by molar-refractivity contribution is -0.385. The zero-order valence-electron chi connectivity index (χ0n) is 14.1. The molecule has 0 saturated carbocycles. The molecule has 0 saturated heterocycles. The van der Waals surface area contributed by atoms with Crippen molar-refractivity contribution in [2.75, 3.05) is 6.61 Å². The highest BCUT2D eigenvalue weighted by Gasteiger charge is 2.22. The molecular weight excluding hydrogens is 395 g/mol. The molecule has 0 fully saturated rings. The van der Waals surface area contributed by atoms with E-state index in [9.17, 15) is 19.7 Å². The van der Waals surface area contributed by atoms with Crippen LogP contribution in [0, 0.1) is 10.1 Å². The number of nitrogens with one attached hydrogen (secondary N) is 1. The van der Waals surface area contributed by atoms with Crippen molar-refractivity contribution >= 4 is 46.8 Å². The van der Waals surface area contributed by atoms with Gasteiger partial charge in [-0.2, -0.15) is 0 Å². The van der Waals surface area contributed by atoms with Crippen LogP contribution >= 0.6 is 23.2 Å². The Hall–Kier alpha value is -2.90. The van der Waals surface area contributed by atoms with Crippen molar-refractivity contribution in [3.05, 3.63) is 79.4 Å². The van der Waals surface area contributed by atoms with E-state index < -0.39 is 16.8 Å². The Labute approximate surface area is 164 Å². The Morgan fingerprint density at radius 3 is 2.52 bits per heavy atom. The van der Waals surface area contributed by atoms with E-state index in [1.807, 2.05) is 0 Å². The highest BCUT2D eigenvalue weighted by Crippen LogP contribution is 2.24. The van der Waals surface area contributed by atoms with Crippen molar-refractivity contribution in [2.24, 2.45) is 0 Å². The summed E-state index contributed by atoms with van der Waals surface area (Å²) in [6, 6.07) is 10.0. The number of amides is 1. The summed E-state index contributed by atoms with van der Waals surface area (Å²) in [4.78, 5) is 35.1. The van der Waals surface area contributed by atoms with Crippen molar-refractivity contribution in [1.29, 1.82) is 0 Å². The summed E-state index contributed by atoms with van der Waals surface area (Å²) in [7, 11) is 0. The van der Waals surface area contributed by atoms with Gasteiger partial charge in [-0.25, -0.2) is 4.79 Å². The summed E-state index contributed by atoms with van der Waals surface area (Å²) < 4.78 is 4.93. The first-order chi connectivity index (χ1) is 12.8. The van der Waals surface area contributed by atoms with Crippen LogP contribution in [0.4, 0.5) is 5.69 Å². The Balaban J connectivity index is 2.39. The van der Waals surface area contributed by atoms with Crippen molar-refractivity contribution in [3.8, 4) is 0 Å². The Morgan fingerprint density at radius 1 is 1.19 bits per heavy atom. The molecule has 27 heavy (non-hydrogen) atoms. The number of carbonyl (C=O) groups excluding carboxylic acids is 2. The molecule has 0 aromatic heterocycles. The fraction of sp³-hybridized carbons (Fsp3) is 0.111. The number of nitro benzene ring substituents is 1. The third-order valence-electron chi connectivity index (χ3n) is 3.34. The number of esters is 1.